The molecule has 0 aliphatic carbocycles. The molecule has 2 amide bonds. The number of nitrogens with one attached hydrogen (secondary N) is 2. The van der Waals surface area contributed by atoms with Crippen molar-refractivity contribution >= 4 is 11.7 Å². The monoisotopic (exact) mass is 333 g/mol. The number of urea groups is 1. The van der Waals surface area contributed by atoms with Gasteiger partial charge in [0, 0.05) is 45.5 Å². The van der Waals surface area contributed by atoms with Gasteiger partial charge in [0.05, 0.1) is 25.1 Å². The molecule has 0 aromatic carbocycles. The van der Waals surface area contributed by atoms with Crippen LogP contribution < -0.4 is 10.6 Å². The van der Waals surface area contributed by atoms with Crippen LogP contribution in [0, 0.1) is 5.92 Å². The van der Waals surface area contributed by atoms with Crippen molar-refractivity contribution in [3.63, 3.8) is 0 Å². The van der Waals surface area contributed by atoms with Gasteiger partial charge >= 0.3 is 6.03 Å². The van der Waals surface area contributed by atoms with Crippen LogP contribution in [0.4, 0.5) is 10.5 Å². The van der Waals surface area contributed by atoms with Gasteiger partial charge in [-0.25, -0.2) is 4.79 Å². The Balaban J connectivity index is 1.30. The number of nitrogens with zero attached hydrogens (tertiary/aromatic N) is 3. The lowest BCUT2D eigenvalue weighted by atomic mass is 10.1. The third kappa shape index (κ3) is 5.43. The summed E-state index contributed by atoms with van der Waals surface area (Å²) >= 11 is 0. The number of hydrogen-bond donors (Lipinski definition) is 2. The van der Waals surface area contributed by atoms with Gasteiger partial charge in [0.15, 0.2) is 0 Å². The molecule has 1 atom stereocenters. The lowest BCUT2D eigenvalue weighted by molar-refractivity contribution is 0.0343. The minimum absolute atomic E-state index is 0.158. The van der Waals surface area contributed by atoms with E-state index in [1.165, 1.54) is 0 Å². The zero-order valence-corrected chi connectivity index (χ0v) is 14.1. The number of carbonyl (C=O) groups is 1. The molecule has 2 fully saturated rings. The zero-order chi connectivity index (χ0) is 16.6. The smallest absolute Gasteiger partial charge is 0.319 e. The Morgan fingerprint density at radius 1 is 1.25 bits per heavy atom. The number of rotatable bonds is 6. The Labute approximate surface area is 143 Å². The summed E-state index contributed by atoms with van der Waals surface area (Å²) in [6, 6.07) is 3.48. The Hall–Kier alpha value is -1.70. The van der Waals surface area contributed by atoms with Crippen LogP contribution in [0.15, 0.2) is 24.5 Å². The first-order chi connectivity index (χ1) is 11.8. The normalized spacial score (nSPS) is 22.4. The highest BCUT2D eigenvalue weighted by atomic mass is 16.5. The first-order valence-corrected chi connectivity index (χ1v) is 8.77. The number of carbonyl (C=O) groups excluding carboxylic acids is 1. The van der Waals surface area contributed by atoms with Crippen LogP contribution >= 0.6 is 0 Å². The average molecular weight is 333 g/mol. The number of pyridine rings is 1. The summed E-state index contributed by atoms with van der Waals surface area (Å²) in [6.45, 7) is 8.96. The summed E-state index contributed by atoms with van der Waals surface area (Å²) in [7, 11) is 0. The quantitative estimate of drug-likeness (QED) is 0.808. The SMILES string of the molecule is O=C(NCC1CCN(CCN2CCOCC2)C1)Nc1cccnc1. The molecule has 3 rings (SSSR count). The molecular formula is C17H27N5O2. The number of aromatic nitrogens is 1. The van der Waals surface area contributed by atoms with Gasteiger partial charge in [-0.1, -0.05) is 0 Å². The maximum absolute atomic E-state index is 11.9. The van der Waals surface area contributed by atoms with Crippen LogP contribution in [0.5, 0.6) is 0 Å². The van der Waals surface area contributed by atoms with Gasteiger partial charge < -0.3 is 20.3 Å². The highest BCUT2D eigenvalue weighted by Crippen LogP contribution is 2.15. The average Bonchev–Trinajstić information content (AvgIpc) is 3.08. The molecule has 2 aliphatic heterocycles. The molecule has 0 bridgehead atoms. The zero-order valence-electron chi connectivity index (χ0n) is 14.1. The Morgan fingerprint density at radius 3 is 2.88 bits per heavy atom. The van der Waals surface area contributed by atoms with Gasteiger partial charge in [0.2, 0.25) is 0 Å². The number of ether oxygens (including phenoxy) is 1. The molecule has 2 aliphatic rings. The van der Waals surface area contributed by atoms with Crippen molar-refractivity contribution in [3.8, 4) is 0 Å². The second-order valence-corrected chi connectivity index (χ2v) is 6.49. The molecule has 0 radical (unpaired) electrons. The molecule has 1 unspecified atom stereocenters. The molecule has 3 heterocycles. The van der Waals surface area contributed by atoms with Gasteiger partial charge in [-0.05, 0) is 31.0 Å². The van der Waals surface area contributed by atoms with E-state index >= 15 is 0 Å². The fraction of sp³-hybridized carbons (Fsp3) is 0.647. The maximum atomic E-state index is 11.9. The van der Waals surface area contributed by atoms with Crippen molar-refractivity contribution in [2.45, 2.75) is 6.42 Å². The minimum atomic E-state index is -0.158. The number of likely N-dealkylation sites (tertiary alicyclic amines) is 1. The Morgan fingerprint density at radius 2 is 2.08 bits per heavy atom. The molecule has 0 spiro atoms. The fourth-order valence-corrected chi connectivity index (χ4v) is 3.24. The highest BCUT2D eigenvalue weighted by molar-refractivity contribution is 5.88. The van der Waals surface area contributed by atoms with E-state index in [0.29, 0.717) is 11.6 Å². The van der Waals surface area contributed by atoms with Crippen molar-refractivity contribution in [3.05, 3.63) is 24.5 Å². The van der Waals surface area contributed by atoms with Gasteiger partial charge in [0.25, 0.3) is 0 Å². The van der Waals surface area contributed by atoms with Crippen molar-refractivity contribution in [1.29, 1.82) is 0 Å². The van der Waals surface area contributed by atoms with E-state index in [9.17, 15) is 4.79 Å². The molecule has 24 heavy (non-hydrogen) atoms. The molecule has 7 nitrogen and oxygen atoms in total. The standard InChI is InChI=1S/C17H27N5O2/c23-17(20-16-2-1-4-18-13-16)19-12-15-3-5-22(14-15)7-6-21-8-10-24-11-9-21/h1-2,4,13,15H,3,5-12,14H2,(H2,19,20,23). The van der Waals surface area contributed by atoms with Crippen LogP contribution in [-0.2, 0) is 4.74 Å². The van der Waals surface area contributed by atoms with E-state index in [-0.39, 0.29) is 6.03 Å². The van der Waals surface area contributed by atoms with Crippen LogP contribution in [0.2, 0.25) is 0 Å². The first-order valence-electron chi connectivity index (χ1n) is 8.77. The van der Waals surface area contributed by atoms with E-state index in [1.807, 2.05) is 6.07 Å². The van der Waals surface area contributed by atoms with Crippen LogP contribution in [0.25, 0.3) is 0 Å². The van der Waals surface area contributed by atoms with E-state index in [2.05, 4.69) is 25.4 Å². The molecule has 0 saturated carbocycles. The van der Waals surface area contributed by atoms with E-state index in [1.54, 1.807) is 18.5 Å². The summed E-state index contributed by atoms with van der Waals surface area (Å²) < 4.78 is 5.38. The third-order valence-electron chi connectivity index (χ3n) is 4.68. The molecule has 1 aromatic heterocycles. The number of anilines is 1. The largest absolute Gasteiger partial charge is 0.379 e. The van der Waals surface area contributed by atoms with E-state index < -0.39 is 0 Å². The van der Waals surface area contributed by atoms with Crippen molar-refractivity contribution in [2.75, 3.05) is 64.3 Å². The van der Waals surface area contributed by atoms with Crippen molar-refractivity contribution < 1.29 is 9.53 Å². The van der Waals surface area contributed by atoms with Gasteiger partial charge in [-0.15, -0.1) is 0 Å². The second-order valence-electron chi connectivity index (χ2n) is 6.49. The molecule has 132 valence electrons. The summed E-state index contributed by atoms with van der Waals surface area (Å²) in [5, 5.41) is 5.77. The van der Waals surface area contributed by atoms with E-state index in [4.69, 9.17) is 4.74 Å². The Bertz CT molecular complexity index is 507. The summed E-state index contributed by atoms with van der Waals surface area (Å²) in [6.07, 6.45) is 4.48. The summed E-state index contributed by atoms with van der Waals surface area (Å²) in [4.78, 5) is 20.9. The summed E-state index contributed by atoms with van der Waals surface area (Å²) in [5.41, 5.74) is 0.716. The van der Waals surface area contributed by atoms with Crippen molar-refractivity contribution in [2.24, 2.45) is 5.92 Å². The fourth-order valence-electron chi connectivity index (χ4n) is 3.24. The molecule has 2 saturated heterocycles. The number of amides is 2. The van der Waals surface area contributed by atoms with E-state index in [0.717, 1.165) is 65.4 Å². The molecular weight excluding hydrogens is 306 g/mol. The third-order valence-corrected chi connectivity index (χ3v) is 4.68. The van der Waals surface area contributed by atoms with Gasteiger partial charge in [-0.2, -0.15) is 0 Å². The summed E-state index contributed by atoms with van der Waals surface area (Å²) in [5.74, 6) is 0.536. The van der Waals surface area contributed by atoms with Gasteiger partial charge in [0.1, 0.15) is 0 Å². The predicted octanol–water partition coefficient (Wildman–Crippen LogP) is 0.857. The Kier molecular flexibility index (Phi) is 6.40. The second kappa shape index (κ2) is 8.96. The van der Waals surface area contributed by atoms with Crippen LogP contribution in [0.3, 0.4) is 0 Å². The lowest BCUT2D eigenvalue weighted by Gasteiger charge is -2.28. The lowest BCUT2D eigenvalue weighted by Crippen LogP contribution is -2.41. The minimum Gasteiger partial charge on any atom is -0.379 e. The molecule has 7 heteroatoms. The first kappa shape index (κ1) is 17.1. The number of morpholine rings is 1. The van der Waals surface area contributed by atoms with Crippen LogP contribution in [-0.4, -0.2) is 79.8 Å². The molecule has 1 aromatic rings. The number of hydrogen-bond acceptors (Lipinski definition) is 5. The maximum Gasteiger partial charge on any atom is 0.319 e. The topological polar surface area (TPSA) is 69.7 Å². The van der Waals surface area contributed by atoms with Crippen LogP contribution in [0.1, 0.15) is 6.42 Å². The van der Waals surface area contributed by atoms with Crippen molar-refractivity contribution in [1.82, 2.24) is 20.1 Å². The van der Waals surface area contributed by atoms with Gasteiger partial charge in [-0.3, -0.25) is 9.88 Å². The molecule has 2 N–H and O–H groups in total. The predicted molar refractivity (Wildman–Crippen MR) is 93.1 cm³/mol. The highest BCUT2D eigenvalue weighted by Gasteiger charge is 2.23.